The minimum Gasteiger partial charge on any atom is -0.463 e. The Morgan fingerprint density at radius 1 is 0.958 bits per heavy atom. The van der Waals surface area contributed by atoms with Crippen molar-refractivity contribution in [2.45, 2.75) is 58.3 Å². The van der Waals surface area contributed by atoms with Crippen molar-refractivity contribution < 1.29 is 38.1 Å². The maximum Gasteiger partial charge on any atom is 0.303 e. The summed E-state index contributed by atoms with van der Waals surface area (Å²) in [7, 11) is 0. The summed E-state index contributed by atoms with van der Waals surface area (Å²) in [6.45, 7) is 4.52. The molecule has 0 aliphatic carbocycles. The van der Waals surface area contributed by atoms with E-state index in [2.05, 4.69) is 5.32 Å². The molecule has 0 saturated carbocycles. The van der Waals surface area contributed by atoms with Gasteiger partial charge in [0.1, 0.15) is 25.0 Å². The van der Waals surface area contributed by atoms with Gasteiger partial charge >= 0.3 is 17.9 Å². The van der Waals surface area contributed by atoms with Gasteiger partial charge in [0, 0.05) is 27.7 Å². The highest BCUT2D eigenvalue weighted by Crippen LogP contribution is 2.25. The van der Waals surface area contributed by atoms with E-state index in [0.29, 0.717) is 0 Å². The topological polar surface area (TPSA) is 143 Å². The molecule has 0 aromatic heterocycles. The van der Waals surface area contributed by atoms with Crippen molar-refractivity contribution in [3.8, 4) is 0 Å². The highest BCUT2D eigenvalue weighted by atomic mass is 16.6. The second kappa shape index (κ2) is 8.60. The molecule has 1 amide bonds. The Bertz CT molecular complexity index is 509. The average molecular weight is 346 g/mol. The average Bonchev–Trinajstić information content (AvgIpc) is 2.42. The lowest BCUT2D eigenvalue weighted by Gasteiger charge is -2.44. The monoisotopic (exact) mass is 346 g/mol. The first-order valence-corrected chi connectivity index (χ1v) is 7.27. The van der Waals surface area contributed by atoms with E-state index in [1.807, 2.05) is 0 Å². The SMILES string of the molecule is CC(=O)N[C@@H]1[C@@H](OC(C)=O)[C@@H](OC(C)=O)[C@@H](COC(C)=O)O[C@H]1N. The summed E-state index contributed by atoms with van der Waals surface area (Å²) in [5.41, 5.74) is 5.87. The van der Waals surface area contributed by atoms with Crippen LogP contribution in [0.4, 0.5) is 0 Å². The van der Waals surface area contributed by atoms with Crippen LogP contribution >= 0.6 is 0 Å². The molecule has 1 rings (SSSR count). The number of hydrogen-bond donors (Lipinski definition) is 2. The fourth-order valence-corrected chi connectivity index (χ4v) is 2.37. The molecule has 1 aliphatic rings. The van der Waals surface area contributed by atoms with Crippen molar-refractivity contribution >= 4 is 23.8 Å². The summed E-state index contributed by atoms with van der Waals surface area (Å²) in [6, 6.07) is -0.940. The van der Waals surface area contributed by atoms with Crippen molar-refractivity contribution in [1.82, 2.24) is 5.32 Å². The van der Waals surface area contributed by atoms with Gasteiger partial charge in [-0.3, -0.25) is 19.2 Å². The summed E-state index contributed by atoms with van der Waals surface area (Å²) in [5.74, 6) is -2.32. The van der Waals surface area contributed by atoms with Gasteiger partial charge in [-0.1, -0.05) is 0 Å². The molecule has 1 saturated heterocycles. The molecule has 136 valence electrons. The molecule has 3 N–H and O–H groups in total. The van der Waals surface area contributed by atoms with Crippen molar-refractivity contribution in [3.05, 3.63) is 0 Å². The van der Waals surface area contributed by atoms with E-state index in [-0.39, 0.29) is 6.61 Å². The van der Waals surface area contributed by atoms with Crippen LogP contribution in [0.15, 0.2) is 0 Å². The van der Waals surface area contributed by atoms with Crippen LogP contribution in [-0.4, -0.2) is 61.0 Å². The molecule has 24 heavy (non-hydrogen) atoms. The first-order valence-electron chi connectivity index (χ1n) is 7.27. The Kier molecular flexibility index (Phi) is 7.11. The van der Waals surface area contributed by atoms with Crippen LogP contribution in [0.2, 0.25) is 0 Å². The van der Waals surface area contributed by atoms with Crippen molar-refractivity contribution in [2.75, 3.05) is 6.61 Å². The Morgan fingerprint density at radius 2 is 1.50 bits per heavy atom. The normalized spacial score (nSPS) is 29.3. The zero-order valence-corrected chi connectivity index (χ0v) is 13.9. The molecule has 0 spiro atoms. The van der Waals surface area contributed by atoms with E-state index in [4.69, 9.17) is 24.7 Å². The molecule has 1 heterocycles. The summed E-state index contributed by atoms with van der Waals surface area (Å²) in [5, 5.41) is 2.51. The van der Waals surface area contributed by atoms with E-state index in [1.165, 1.54) is 13.8 Å². The van der Waals surface area contributed by atoms with E-state index >= 15 is 0 Å². The third-order valence-corrected chi connectivity index (χ3v) is 3.15. The third kappa shape index (κ3) is 5.78. The van der Waals surface area contributed by atoms with Gasteiger partial charge in [0.25, 0.3) is 0 Å². The van der Waals surface area contributed by atoms with Crippen molar-refractivity contribution in [1.29, 1.82) is 0 Å². The van der Waals surface area contributed by atoms with Crippen LogP contribution in [0.25, 0.3) is 0 Å². The summed E-state index contributed by atoms with van der Waals surface area (Å²) < 4.78 is 20.7. The summed E-state index contributed by atoms with van der Waals surface area (Å²) in [6.07, 6.45) is -4.23. The Balaban J connectivity index is 3.11. The number of nitrogens with one attached hydrogen (secondary N) is 1. The molecule has 0 radical (unpaired) electrons. The number of carbonyl (C=O) groups is 4. The van der Waals surface area contributed by atoms with Crippen LogP contribution in [0.3, 0.4) is 0 Å². The van der Waals surface area contributed by atoms with Crippen molar-refractivity contribution in [3.63, 3.8) is 0 Å². The van der Waals surface area contributed by atoms with E-state index < -0.39 is 54.4 Å². The lowest BCUT2D eigenvalue weighted by molar-refractivity contribution is -0.222. The minimum atomic E-state index is -1.11. The zero-order valence-electron chi connectivity index (χ0n) is 13.9. The van der Waals surface area contributed by atoms with Crippen LogP contribution in [0.1, 0.15) is 27.7 Å². The second-order valence-electron chi connectivity index (χ2n) is 5.32. The molecule has 0 aromatic rings. The summed E-state index contributed by atoms with van der Waals surface area (Å²) in [4.78, 5) is 45.2. The number of esters is 3. The van der Waals surface area contributed by atoms with E-state index in [9.17, 15) is 19.2 Å². The fraction of sp³-hybridized carbons (Fsp3) is 0.714. The maximum atomic E-state index is 11.4. The quantitative estimate of drug-likeness (QED) is 0.454. The van der Waals surface area contributed by atoms with Gasteiger partial charge in [0.15, 0.2) is 12.2 Å². The Labute approximate surface area is 138 Å². The van der Waals surface area contributed by atoms with Crippen molar-refractivity contribution in [2.24, 2.45) is 5.73 Å². The number of carbonyl (C=O) groups excluding carboxylic acids is 4. The minimum absolute atomic E-state index is 0.258. The number of rotatable bonds is 5. The molecule has 0 aromatic carbocycles. The number of hydrogen-bond acceptors (Lipinski definition) is 9. The first kappa shape index (κ1) is 19.8. The van der Waals surface area contributed by atoms with Crippen LogP contribution < -0.4 is 11.1 Å². The van der Waals surface area contributed by atoms with Gasteiger partial charge in [-0.05, 0) is 0 Å². The Morgan fingerprint density at radius 3 is 1.96 bits per heavy atom. The molecule has 0 bridgehead atoms. The second-order valence-corrected chi connectivity index (χ2v) is 5.32. The van der Waals surface area contributed by atoms with E-state index in [0.717, 1.165) is 13.8 Å². The largest absolute Gasteiger partial charge is 0.463 e. The summed E-state index contributed by atoms with van der Waals surface area (Å²) >= 11 is 0. The lowest BCUT2D eigenvalue weighted by Crippen LogP contribution is -2.68. The molecule has 10 nitrogen and oxygen atoms in total. The highest BCUT2D eigenvalue weighted by Gasteiger charge is 2.49. The third-order valence-electron chi connectivity index (χ3n) is 3.15. The van der Waals surface area contributed by atoms with Gasteiger partial charge in [0.05, 0.1) is 0 Å². The molecule has 10 heteroatoms. The number of nitrogens with two attached hydrogens (primary N) is 1. The van der Waals surface area contributed by atoms with Gasteiger partial charge < -0.3 is 30.0 Å². The zero-order chi connectivity index (χ0) is 18.4. The highest BCUT2D eigenvalue weighted by molar-refractivity contribution is 5.73. The van der Waals surface area contributed by atoms with Gasteiger partial charge in [0.2, 0.25) is 5.91 Å². The molecule has 5 atom stereocenters. The predicted molar refractivity (Wildman–Crippen MR) is 78.2 cm³/mol. The van der Waals surface area contributed by atoms with Gasteiger partial charge in [-0.15, -0.1) is 0 Å². The Hall–Kier alpha value is -2.20. The predicted octanol–water partition coefficient (Wildman–Crippen LogP) is -1.40. The van der Waals surface area contributed by atoms with Gasteiger partial charge in [-0.2, -0.15) is 0 Å². The first-order chi connectivity index (χ1) is 11.1. The molecule has 1 fully saturated rings. The molecule has 0 unspecified atom stereocenters. The fourth-order valence-electron chi connectivity index (χ4n) is 2.37. The van der Waals surface area contributed by atoms with Crippen LogP contribution in [0.5, 0.6) is 0 Å². The smallest absolute Gasteiger partial charge is 0.303 e. The number of amides is 1. The van der Waals surface area contributed by atoms with Gasteiger partial charge in [-0.25, -0.2) is 0 Å². The maximum absolute atomic E-state index is 11.4. The lowest BCUT2D eigenvalue weighted by atomic mass is 9.95. The number of ether oxygens (including phenoxy) is 4. The molecular formula is C14H22N2O8. The van der Waals surface area contributed by atoms with Crippen LogP contribution in [0, 0.1) is 0 Å². The van der Waals surface area contributed by atoms with Crippen LogP contribution in [-0.2, 0) is 38.1 Å². The standard InChI is InChI=1S/C14H22N2O8/c1-6(17)16-11-13(23-9(4)20)12(22-8(3)19)10(24-14(11)15)5-21-7(2)18/h10-14H,5,15H2,1-4H3,(H,16,17)/t10-,11-,12+,13-,14-/m1/s1. The molecular weight excluding hydrogens is 324 g/mol. The van der Waals surface area contributed by atoms with E-state index in [1.54, 1.807) is 0 Å². The molecule has 1 aliphatic heterocycles.